The summed E-state index contributed by atoms with van der Waals surface area (Å²) >= 11 is 0. The van der Waals surface area contributed by atoms with E-state index in [-0.39, 0.29) is 23.2 Å². The quantitative estimate of drug-likeness (QED) is 0.325. The number of nitrogens with one attached hydrogen (secondary N) is 2. The van der Waals surface area contributed by atoms with E-state index in [9.17, 15) is 27.2 Å². The Morgan fingerprint density at radius 1 is 1.15 bits per heavy atom. The first kappa shape index (κ1) is 30.4. The van der Waals surface area contributed by atoms with E-state index in [1.807, 2.05) is 20.9 Å². The van der Waals surface area contributed by atoms with Gasteiger partial charge in [-0.05, 0) is 66.1 Å². The minimum Gasteiger partial charge on any atom is -0.322 e. The lowest BCUT2D eigenvalue weighted by molar-refractivity contribution is -0.136. The van der Waals surface area contributed by atoms with Gasteiger partial charge in [-0.25, -0.2) is 4.39 Å². The maximum absolute atomic E-state index is 15.0. The average molecular weight is 577 g/mol. The minimum atomic E-state index is -4.47. The van der Waals surface area contributed by atoms with E-state index in [1.165, 1.54) is 18.3 Å². The molecular weight excluding hydrogens is 540 g/mol. The number of anilines is 1. The van der Waals surface area contributed by atoms with Crippen LogP contribution in [-0.2, 0) is 25.6 Å². The van der Waals surface area contributed by atoms with E-state index < -0.39 is 41.8 Å². The van der Waals surface area contributed by atoms with Gasteiger partial charge >= 0.3 is 6.18 Å². The number of halogens is 4. The lowest BCUT2D eigenvalue weighted by atomic mass is 9.51. The second-order valence-electron chi connectivity index (χ2n) is 12.2. The number of hydrogen-bond donors (Lipinski definition) is 2. The van der Waals surface area contributed by atoms with Gasteiger partial charge in [0.25, 0.3) is 11.5 Å². The van der Waals surface area contributed by atoms with Crippen molar-refractivity contribution >= 4 is 11.6 Å². The van der Waals surface area contributed by atoms with Crippen LogP contribution in [0.4, 0.5) is 23.2 Å². The Labute approximate surface area is 236 Å². The summed E-state index contributed by atoms with van der Waals surface area (Å²) in [6, 6.07) is 5.57. The molecule has 8 nitrogen and oxygen atoms in total. The molecule has 1 aliphatic rings. The van der Waals surface area contributed by atoms with Crippen LogP contribution in [0.1, 0.15) is 74.3 Å². The SMILES string of the molecule is CC(C)CNCc1cc(C(=O)Nc2cc(F)cc(C3(c4nncn4C)CC(C)(C)C3)c2)c(=O)n(CCC(F)(F)F)c1. The van der Waals surface area contributed by atoms with E-state index in [0.717, 1.165) is 10.6 Å². The minimum absolute atomic E-state index is 0.0206. The van der Waals surface area contributed by atoms with Gasteiger partial charge in [-0.2, -0.15) is 13.2 Å². The van der Waals surface area contributed by atoms with Crippen LogP contribution in [0.5, 0.6) is 0 Å². The molecule has 1 aromatic carbocycles. The molecule has 1 amide bonds. The lowest BCUT2D eigenvalue weighted by Crippen LogP contribution is -2.49. The van der Waals surface area contributed by atoms with Crippen molar-refractivity contribution in [3.05, 3.63) is 75.5 Å². The molecule has 0 atom stereocenters. The predicted octanol–water partition coefficient (Wildman–Crippen LogP) is 5.17. The van der Waals surface area contributed by atoms with Crippen molar-refractivity contribution < 1.29 is 22.4 Å². The first-order chi connectivity index (χ1) is 19.1. The Hall–Kier alpha value is -3.54. The molecule has 0 aliphatic heterocycles. The van der Waals surface area contributed by atoms with E-state index in [1.54, 1.807) is 17.0 Å². The van der Waals surface area contributed by atoms with Crippen molar-refractivity contribution in [3.63, 3.8) is 0 Å². The number of carbonyl (C=O) groups excluding carboxylic acids is 1. The monoisotopic (exact) mass is 576 g/mol. The van der Waals surface area contributed by atoms with Crippen molar-refractivity contribution in [2.45, 2.75) is 71.6 Å². The molecule has 2 N–H and O–H groups in total. The number of hydrogen-bond acceptors (Lipinski definition) is 5. The van der Waals surface area contributed by atoms with Crippen LogP contribution in [0.25, 0.3) is 0 Å². The number of rotatable bonds is 10. The normalized spacial score (nSPS) is 16.0. The number of benzene rings is 1. The van der Waals surface area contributed by atoms with Gasteiger partial charge in [-0.3, -0.25) is 9.59 Å². The van der Waals surface area contributed by atoms with Gasteiger partial charge in [0, 0.05) is 32.0 Å². The fraction of sp³-hybridized carbons (Fsp3) is 0.517. The smallest absolute Gasteiger partial charge is 0.322 e. The molecule has 0 spiro atoms. The Morgan fingerprint density at radius 3 is 2.44 bits per heavy atom. The largest absolute Gasteiger partial charge is 0.390 e. The van der Waals surface area contributed by atoms with Crippen molar-refractivity contribution in [3.8, 4) is 0 Å². The number of pyridine rings is 1. The van der Waals surface area contributed by atoms with E-state index in [0.29, 0.717) is 42.3 Å². The summed E-state index contributed by atoms with van der Waals surface area (Å²) in [6.07, 6.45) is -1.42. The highest BCUT2D eigenvalue weighted by Crippen LogP contribution is 2.58. The highest BCUT2D eigenvalue weighted by atomic mass is 19.4. The Morgan fingerprint density at radius 2 is 1.85 bits per heavy atom. The van der Waals surface area contributed by atoms with Gasteiger partial charge in [0.15, 0.2) is 0 Å². The lowest BCUT2D eigenvalue weighted by Gasteiger charge is -2.52. The first-order valence-corrected chi connectivity index (χ1v) is 13.6. The van der Waals surface area contributed by atoms with E-state index in [4.69, 9.17) is 0 Å². The third kappa shape index (κ3) is 7.03. The average Bonchev–Trinajstić information content (AvgIpc) is 3.27. The van der Waals surface area contributed by atoms with Crippen molar-refractivity contribution in [2.75, 3.05) is 11.9 Å². The molecule has 4 rings (SSSR count). The van der Waals surface area contributed by atoms with Gasteiger partial charge < -0.3 is 19.8 Å². The van der Waals surface area contributed by atoms with Crippen molar-refractivity contribution in [1.82, 2.24) is 24.6 Å². The standard InChI is InChI=1S/C29H36F4N6O2/c1-18(2)12-34-13-19-8-23(25(41)39(14-19)7-6-29(31,32)33)24(40)36-22-10-20(9-21(30)11-22)28(15-27(3,4)16-28)26-37-35-17-38(26)5/h8-11,14,17-18,34H,6-7,12-13,15-16H2,1-5H3,(H,36,40). The number of aromatic nitrogens is 4. The van der Waals surface area contributed by atoms with Crippen LogP contribution < -0.4 is 16.2 Å². The molecule has 1 fully saturated rings. The molecule has 12 heteroatoms. The maximum atomic E-state index is 15.0. The fourth-order valence-corrected chi connectivity index (χ4v) is 5.80. The summed E-state index contributed by atoms with van der Waals surface area (Å²) in [5.41, 5.74) is -0.605. The molecule has 0 unspecified atom stereocenters. The Kier molecular flexibility index (Phi) is 8.45. The zero-order valence-electron chi connectivity index (χ0n) is 23.9. The van der Waals surface area contributed by atoms with Crippen molar-refractivity contribution in [2.24, 2.45) is 18.4 Å². The molecule has 1 saturated carbocycles. The molecule has 0 bridgehead atoms. The molecule has 41 heavy (non-hydrogen) atoms. The summed E-state index contributed by atoms with van der Waals surface area (Å²) in [5, 5.41) is 14.1. The van der Waals surface area contributed by atoms with Crippen LogP contribution >= 0.6 is 0 Å². The molecule has 0 saturated heterocycles. The van der Waals surface area contributed by atoms with Gasteiger partial charge in [-0.15, -0.1) is 10.2 Å². The van der Waals surface area contributed by atoms with Gasteiger partial charge in [0.2, 0.25) is 0 Å². The number of alkyl halides is 3. The second kappa shape index (κ2) is 11.4. The highest BCUT2D eigenvalue weighted by molar-refractivity contribution is 6.04. The summed E-state index contributed by atoms with van der Waals surface area (Å²) in [7, 11) is 1.82. The summed E-state index contributed by atoms with van der Waals surface area (Å²) in [6.45, 7) is 8.49. The fourth-order valence-electron chi connectivity index (χ4n) is 5.80. The third-order valence-corrected chi connectivity index (χ3v) is 7.31. The third-order valence-electron chi connectivity index (χ3n) is 7.31. The van der Waals surface area contributed by atoms with E-state index in [2.05, 4.69) is 34.7 Å². The molecule has 3 aromatic rings. The Bertz CT molecular complexity index is 1470. The summed E-state index contributed by atoms with van der Waals surface area (Å²) in [5.74, 6) is -0.422. The zero-order chi connectivity index (χ0) is 30.2. The van der Waals surface area contributed by atoms with Crippen LogP contribution in [0.15, 0.2) is 41.6 Å². The summed E-state index contributed by atoms with van der Waals surface area (Å²) in [4.78, 5) is 26.4. The molecule has 222 valence electrons. The molecule has 1 aliphatic carbocycles. The highest BCUT2D eigenvalue weighted by Gasteiger charge is 2.54. The maximum Gasteiger partial charge on any atom is 0.390 e. The second-order valence-corrected chi connectivity index (χ2v) is 12.2. The summed E-state index contributed by atoms with van der Waals surface area (Å²) < 4.78 is 56.5. The van der Waals surface area contributed by atoms with Gasteiger partial charge in [0.1, 0.15) is 23.5 Å². The van der Waals surface area contributed by atoms with Crippen molar-refractivity contribution in [1.29, 1.82) is 0 Å². The number of aryl methyl sites for hydroxylation is 2. The van der Waals surface area contributed by atoms with Crippen LogP contribution in [0.2, 0.25) is 0 Å². The molecule has 2 aromatic heterocycles. The number of carbonyl (C=O) groups is 1. The Balaban J connectivity index is 1.67. The molecular formula is C29H36F4N6O2. The van der Waals surface area contributed by atoms with Crippen LogP contribution in [-0.4, -0.2) is 38.0 Å². The van der Waals surface area contributed by atoms with Crippen LogP contribution in [0, 0.1) is 17.2 Å². The number of nitrogens with zero attached hydrogens (tertiary/aromatic N) is 4. The van der Waals surface area contributed by atoms with Gasteiger partial charge in [-0.1, -0.05) is 27.7 Å². The molecule has 2 heterocycles. The van der Waals surface area contributed by atoms with E-state index >= 15 is 0 Å². The van der Waals surface area contributed by atoms with Gasteiger partial charge in [0.05, 0.1) is 11.8 Å². The predicted molar refractivity (Wildman–Crippen MR) is 147 cm³/mol. The van der Waals surface area contributed by atoms with Crippen LogP contribution in [0.3, 0.4) is 0 Å². The molecule has 0 radical (unpaired) electrons. The number of amides is 1. The topological polar surface area (TPSA) is 93.8 Å². The first-order valence-electron chi connectivity index (χ1n) is 13.6. The zero-order valence-corrected chi connectivity index (χ0v) is 23.9.